The Balaban J connectivity index is 1.48. The van der Waals surface area contributed by atoms with Crippen molar-refractivity contribution in [2.45, 2.75) is 10.9 Å². The Morgan fingerprint density at radius 1 is 1.16 bits per heavy atom. The second-order valence-electron chi connectivity index (χ2n) is 5.02. The number of thioether (sulfide) groups is 1. The third-order valence-corrected chi connectivity index (χ3v) is 4.38. The van der Waals surface area contributed by atoms with Gasteiger partial charge in [-0.15, -0.1) is 5.10 Å². The van der Waals surface area contributed by atoms with Gasteiger partial charge in [0.05, 0.1) is 24.8 Å². The number of ether oxygens (including phenoxy) is 1. The SMILES string of the molecule is COc1ccc(-n2nnnc2SCc2cc(-c3ccco3)on2)cc1. The number of aromatic nitrogens is 5. The molecule has 3 heterocycles. The molecular weight excluding hydrogens is 342 g/mol. The van der Waals surface area contributed by atoms with Crippen molar-refractivity contribution in [1.29, 1.82) is 0 Å². The molecule has 0 aliphatic heterocycles. The number of methoxy groups -OCH3 is 1. The highest BCUT2D eigenvalue weighted by molar-refractivity contribution is 7.98. The molecule has 3 aromatic heterocycles. The molecule has 1 aromatic carbocycles. The van der Waals surface area contributed by atoms with E-state index in [1.165, 1.54) is 11.8 Å². The van der Waals surface area contributed by atoms with E-state index in [9.17, 15) is 0 Å². The van der Waals surface area contributed by atoms with Crippen LogP contribution in [0.4, 0.5) is 0 Å². The molecule has 0 fully saturated rings. The Morgan fingerprint density at radius 3 is 2.80 bits per heavy atom. The van der Waals surface area contributed by atoms with Crippen molar-refractivity contribution in [3.05, 3.63) is 54.4 Å². The quantitative estimate of drug-likeness (QED) is 0.487. The standard InChI is InChI=1S/C16H13N5O3S/c1-22-13-6-4-12(5-7-13)21-16(17-19-20-21)25-10-11-9-15(24-18-11)14-3-2-8-23-14/h2-9H,10H2,1H3. The molecule has 0 aliphatic carbocycles. The van der Waals surface area contributed by atoms with E-state index in [4.69, 9.17) is 13.7 Å². The maximum atomic E-state index is 5.29. The summed E-state index contributed by atoms with van der Waals surface area (Å²) in [5.74, 6) is 2.59. The number of tetrazole rings is 1. The van der Waals surface area contributed by atoms with Crippen LogP contribution >= 0.6 is 11.8 Å². The van der Waals surface area contributed by atoms with Gasteiger partial charge in [0.1, 0.15) is 5.75 Å². The molecule has 4 rings (SSSR count). The first kappa shape index (κ1) is 15.5. The first-order valence-corrected chi connectivity index (χ1v) is 8.37. The molecule has 0 atom stereocenters. The smallest absolute Gasteiger partial charge is 0.214 e. The molecule has 0 saturated carbocycles. The Hall–Kier alpha value is -3.07. The summed E-state index contributed by atoms with van der Waals surface area (Å²) in [4.78, 5) is 0. The van der Waals surface area contributed by atoms with E-state index in [1.807, 2.05) is 36.4 Å². The van der Waals surface area contributed by atoms with Crippen LogP contribution < -0.4 is 4.74 Å². The summed E-state index contributed by atoms with van der Waals surface area (Å²) >= 11 is 1.46. The molecule has 0 saturated heterocycles. The average Bonchev–Trinajstić information content (AvgIpc) is 3.40. The third-order valence-electron chi connectivity index (χ3n) is 3.43. The highest BCUT2D eigenvalue weighted by Gasteiger charge is 2.13. The lowest BCUT2D eigenvalue weighted by Crippen LogP contribution is -1.99. The predicted octanol–water partition coefficient (Wildman–Crippen LogP) is 3.21. The van der Waals surface area contributed by atoms with Gasteiger partial charge >= 0.3 is 0 Å². The largest absolute Gasteiger partial charge is 0.497 e. The van der Waals surface area contributed by atoms with Gasteiger partial charge in [0.25, 0.3) is 0 Å². The zero-order valence-corrected chi connectivity index (χ0v) is 14.0. The van der Waals surface area contributed by atoms with Gasteiger partial charge in [0.2, 0.25) is 10.9 Å². The van der Waals surface area contributed by atoms with Crippen molar-refractivity contribution in [3.8, 4) is 23.0 Å². The summed E-state index contributed by atoms with van der Waals surface area (Å²) in [6, 6.07) is 13.0. The molecule has 9 heteroatoms. The Morgan fingerprint density at radius 2 is 2.04 bits per heavy atom. The Labute approximate surface area is 146 Å². The second-order valence-corrected chi connectivity index (χ2v) is 5.96. The predicted molar refractivity (Wildman–Crippen MR) is 89.5 cm³/mol. The average molecular weight is 355 g/mol. The second kappa shape index (κ2) is 6.81. The molecule has 4 aromatic rings. The molecule has 0 amide bonds. The van der Waals surface area contributed by atoms with Crippen LogP contribution in [0.3, 0.4) is 0 Å². The van der Waals surface area contributed by atoms with Gasteiger partial charge in [0, 0.05) is 11.8 Å². The van der Waals surface area contributed by atoms with Crippen molar-refractivity contribution in [1.82, 2.24) is 25.4 Å². The molecule has 0 radical (unpaired) electrons. The lowest BCUT2D eigenvalue weighted by atomic mass is 10.3. The van der Waals surface area contributed by atoms with Crippen LogP contribution in [0.1, 0.15) is 5.69 Å². The van der Waals surface area contributed by atoms with E-state index in [1.54, 1.807) is 24.1 Å². The molecule has 0 bridgehead atoms. The molecular formula is C16H13N5O3S. The number of hydrogen-bond acceptors (Lipinski definition) is 8. The van der Waals surface area contributed by atoms with Crippen LogP contribution in [0.25, 0.3) is 17.2 Å². The molecule has 0 spiro atoms. The first-order valence-electron chi connectivity index (χ1n) is 7.38. The van der Waals surface area contributed by atoms with Crippen LogP contribution in [0.2, 0.25) is 0 Å². The van der Waals surface area contributed by atoms with E-state index in [0.29, 0.717) is 22.4 Å². The third kappa shape index (κ3) is 3.26. The lowest BCUT2D eigenvalue weighted by Gasteiger charge is -2.04. The summed E-state index contributed by atoms with van der Waals surface area (Å²) in [6.45, 7) is 0. The van der Waals surface area contributed by atoms with Gasteiger partial charge in [-0.05, 0) is 46.8 Å². The summed E-state index contributed by atoms with van der Waals surface area (Å²) < 4.78 is 17.4. The molecule has 0 unspecified atom stereocenters. The molecule has 126 valence electrons. The van der Waals surface area contributed by atoms with E-state index < -0.39 is 0 Å². The van der Waals surface area contributed by atoms with Crippen molar-refractivity contribution in [2.75, 3.05) is 7.11 Å². The minimum atomic E-state index is 0.570. The van der Waals surface area contributed by atoms with Crippen LogP contribution in [-0.2, 0) is 5.75 Å². The summed E-state index contributed by atoms with van der Waals surface area (Å²) in [5.41, 5.74) is 1.63. The summed E-state index contributed by atoms with van der Waals surface area (Å²) in [5, 5.41) is 16.6. The fourth-order valence-corrected chi connectivity index (χ4v) is 2.98. The number of rotatable bonds is 6. The van der Waals surface area contributed by atoms with Gasteiger partial charge < -0.3 is 13.7 Å². The van der Waals surface area contributed by atoms with Crippen LogP contribution in [0, 0.1) is 0 Å². The monoisotopic (exact) mass is 355 g/mol. The number of hydrogen-bond donors (Lipinski definition) is 0. The lowest BCUT2D eigenvalue weighted by molar-refractivity contribution is 0.413. The fourth-order valence-electron chi connectivity index (χ4n) is 2.21. The van der Waals surface area contributed by atoms with Crippen molar-refractivity contribution in [3.63, 3.8) is 0 Å². The fraction of sp³-hybridized carbons (Fsp3) is 0.125. The number of benzene rings is 1. The van der Waals surface area contributed by atoms with Gasteiger partial charge in [-0.3, -0.25) is 0 Å². The Bertz CT molecular complexity index is 946. The van der Waals surface area contributed by atoms with E-state index in [-0.39, 0.29) is 0 Å². The Kier molecular flexibility index (Phi) is 4.21. The topological polar surface area (TPSA) is 92.0 Å². The van der Waals surface area contributed by atoms with Gasteiger partial charge in [-0.25, -0.2) is 0 Å². The zero-order chi connectivity index (χ0) is 17.1. The highest BCUT2D eigenvalue weighted by atomic mass is 32.2. The van der Waals surface area contributed by atoms with Gasteiger partial charge in [-0.1, -0.05) is 16.9 Å². The van der Waals surface area contributed by atoms with E-state index in [2.05, 4.69) is 20.7 Å². The van der Waals surface area contributed by atoms with Crippen molar-refractivity contribution >= 4 is 11.8 Å². The van der Waals surface area contributed by atoms with Crippen LogP contribution in [0.5, 0.6) is 5.75 Å². The molecule has 8 nitrogen and oxygen atoms in total. The molecule has 0 aliphatic rings. The minimum Gasteiger partial charge on any atom is -0.497 e. The molecule has 0 N–H and O–H groups in total. The highest BCUT2D eigenvalue weighted by Crippen LogP contribution is 2.26. The maximum absolute atomic E-state index is 5.29. The number of furan rings is 1. The van der Waals surface area contributed by atoms with E-state index >= 15 is 0 Å². The first-order chi connectivity index (χ1) is 12.3. The number of nitrogens with zero attached hydrogens (tertiary/aromatic N) is 5. The van der Waals surface area contributed by atoms with E-state index in [0.717, 1.165) is 17.1 Å². The molecule has 25 heavy (non-hydrogen) atoms. The summed E-state index contributed by atoms with van der Waals surface area (Å²) in [7, 11) is 1.63. The zero-order valence-electron chi connectivity index (χ0n) is 13.2. The van der Waals surface area contributed by atoms with Crippen LogP contribution in [-0.4, -0.2) is 32.5 Å². The maximum Gasteiger partial charge on any atom is 0.214 e. The van der Waals surface area contributed by atoms with Gasteiger partial charge in [-0.2, -0.15) is 4.68 Å². The van der Waals surface area contributed by atoms with Crippen molar-refractivity contribution < 1.29 is 13.7 Å². The van der Waals surface area contributed by atoms with Gasteiger partial charge in [0.15, 0.2) is 5.76 Å². The summed E-state index contributed by atoms with van der Waals surface area (Å²) in [6.07, 6.45) is 1.59. The normalized spacial score (nSPS) is 10.9. The van der Waals surface area contributed by atoms with Crippen molar-refractivity contribution in [2.24, 2.45) is 0 Å². The van der Waals surface area contributed by atoms with Crippen LogP contribution in [0.15, 0.2) is 62.8 Å². The minimum absolute atomic E-state index is 0.570.